The normalized spacial score (nSPS) is 23.4. The molecule has 0 unspecified atom stereocenters. The van der Waals surface area contributed by atoms with Gasteiger partial charge in [-0.25, -0.2) is 12.8 Å². The van der Waals surface area contributed by atoms with Crippen molar-refractivity contribution in [2.75, 3.05) is 25.6 Å². The molecule has 0 amide bonds. The third-order valence-electron chi connectivity index (χ3n) is 6.73. The minimum absolute atomic E-state index is 0. The quantitative estimate of drug-likeness (QED) is 0.426. The molecule has 1 heterocycles. The standard InChI is InChI=1S/C26H35FO5S.CH4/c1-4-7-14-26(5-2)18-33(29,30)23-13-12-21(32-16-15-31-6-3)17-22(23)24(25(26)28)19-8-10-20(27)11-9-19;/h8-13,17,24-25,28H,4-7,14-16,18H2,1-3H3;1H4/t24-,25-,26-;/m1./s1. The first-order chi connectivity index (χ1) is 15.8. The van der Waals surface area contributed by atoms with Crippen molar-refractivity contribution in [3.63, 3.8) is 0 Å². The second kappa shape index (κ2) is 12.1. The number of benzene rings is 2. The molecule has 0 saturated heterocycles. The SMILES string of the molecule is C.CCCC[C@]1(CC)CS(=O)(=O)c2ccc(OCCOCC)cc2[C@@H](c2ccc(F)cc2)[C@H]1O. The summed E-state index contributed by atoms with van der Waals surface area (Å²) < 4.78 is 52.0. The number of fused-ring (bicyclic) bond motifs is 1. The van der Waals surface area contributed by atoms with Gasteiger partial charge in [0.15, 0.2) is 9.84 Å². The Hall–Kier alpha value is -1.96. The molecule has 1 aliphatic heterocycles. The Kier molecular flexibility index (Phi) is 10.1. The van der Waals surface area contributed by atoms with E-state index in [0.717, 1.165) is 12.8 Å². The van der Waals surface area contributed by atoms with Gasteiger partial charge in [0.1, 0.15) is 18.2 Å². The highest BCUT2D eigenvalue weighted by atomic mass is 32.2. The van der Waals surface area contributed by atoms with Crippen molar-refractivity contribution in [3.8, 4) is 5.75 Å². The summed E-state index contributed by atoms with van der Waals surface area (Å²) in [6.45, 7) is 7.24. The molecule has 0 radical (unpaired) electrons. The van der Waals surface area contributed by atoms with E-state index in [9.17, 15) is 17.9 Å². The van der Waals surface area contributed by atoms with Gasteiger partial charge in [0.2, 0.25) is 0 Å². The first-order valence-electron chi connectivity index (χ1n) is 11.8. The Morgan fingerprint density at radius 3 is 2.41 bits per heavy atom. The van der Waals surface area contributed by atoms with Gasteiger partial charge in [-0.15, -0.1) is 0 Å². The number of hydrogen-bond donors (Lipinski definition) is 1. The maximum absolute atomic E-state index is 13.7. The Morgan fingerprint density at radius 2 is 1.79 bits per heavy atom. The fourth-order valence-corrected chi connectivity index (χ4v) is 7.09. The monoisotopic (exact) mass is 494 g/mol. The van der Waals surface area contributed by atoms with E-state index < -0.39 is 27.3 Å². The molecule has 7 heteroatoms. The lowest BCUT2D eigenvalue weighted by Crippen LogP contribution is -2.42. The summed E-state index contributed by atoms with van der Waals surface area (Å²) in [4.78, 5) is 0.208. The van der Waals surface area contributed by atoms with Crippen LogP contribution in [0.5, 0.6) is 5.75 Å². The third kappa shape index (κ3) is 5.99. The fourth-order valence-electron chi connectivity index (χ4n) is 4.84. The highest BCUT2D eigenvalue weighted by Crippen LogP contribution is 2.49. The molecule has 5 nitrogen and oxygen atoms in total. The molecule has 3 atom stereocenters. The summed E-state index contributed by atoms with van der Waals surface area (Å²) in [5.74, 6) is -0.603. The largest absolute Gasteiger partial charge is 0.491 e. The minimum Gasteiger partial charge on any atom is -0.491 e. The van der Waals surface area contributed by atoms with Crippen LogP contribution in [0, 0.1) is 11.2 Å². The van der Waals surface area contributed by atoms with Crippen LogP contribution in [-0.2, 0) is 14.6 Å². The third-order valence-corrected chi connectivity index (χ3v) is 8.73. The Bertz CT molecular complexity index is 1020. The predicted octanol–water partition coefficient (Wildman–Crippen LogP) is 5.74. The number of sulfone groups is 1. The van der Waals surface area contributed by atoms with Gasteiger partial charge in [0, 0.05) is 17.9 Å². The van der Waals surface area contributed by atoms with E-state index in [0.29, 0.717) is 49.5 Å². The van der Waals surface area contributed by atoms with Crippen LogP contribution >= 0.6 is 0 Å². The Labute approximate surface area is 204 Å². The molecule has 0 fully saturated rings. The molecule has 0 bridgehead atoms. The zero-order valence-corrected chi connectivity index (χ0v) is 20.5. The lowest BCUT2D eigenvalue weighted by atomic mass is 9.69. The summed E-state index contributed by atoms with van der Waals surface area (Å²) in [5, 5.41) is 11.8. The summed E-state index contributed by atoms with van der Waals surface area (Å²) in [6, 6.07) is 10.9. The second-order valence-electron chi connectivity index (χ2n) is 8.80. The van der Waals surface area contributed by atoms with Crippen molar-refractivity contribution in [1.82, 2.24) is 0 Å². The highest BCUT2D eigenvalue weighted by Gasteiger charge is 2.49. The number of aliphatic hydroxyl groups is 1. The molecule has 2 aromatic carbocycles. The molecular weight excluding hydrogens is 455 g/mol. The molecule has 190 valence electrons. The first-order valence-corrected chi connectivity index (χ1v) is 13.4. The van der Waals surface area contributed by atoms with Gasteiger partial charge < -0.3 is 14.6 Å². The minimum atomic E-state index is -3.67. The molecule has 0 saturated carbocycles. The van der Waals surface area contributed by atoms with Gasteiger partial charge in [-0.1, -0.05) is 46.2 Å². The van der Waals surface area contributed by atoms with Crippen LogP contribution in [0.3, 0.4) is 0 Å². The maximum Gasteiger partial charge on any atom is 0.179 e. The molecule has 1 aliphatic rings. The average Bonchev–Trinajstić information content (AvgIpc) is 2.87. The van der Waals surface area contributed by atoms with Crippen molar-refractivity contribution in [3.05, 3.63) is 59.4 Å². The van der Waals surface area contributed by atoms with E-state index in [1.807, 2.05) is 13.8 Å². The highest BCUT2D eigenvalue weighted by molar-refractivity contribution is 7.91. The van der Waals surface area contributed by atoms with E-state index in [1.54, 1.807) is 30.3 Å². The number of unbranched alkanes of at least 4 members (excludes halogenated alkanes) is 1. The zero-order chi connectivity index (χ0) is 24.1. The fraction of sp³-hybridized carbons (Fsp3) is 0.556. The Morgan fingerprint density at radius 1 is 1.09 bits per heavy atom. The van der Waals surface area contributed by atoms with Crippen LogP contribution in [0.4, 0.5) is 4.39 Å². The molecule has 2 aromatic rings. The maximum atomic E-state index is 13.7. The number of aliphatic hydroxyl groups excluding tert-OH is 1. The Balaban J connectivity index is 0.00000408. The lowest BCUT2D eigenvalue weighted by molar-refractivity contribution is 0.0173. The smallest absolute Gasteiger partial charge is 0.179 e. The first kappa shape index (κ1) is 28.3. The number of ether oxygens (including phenoxy) is 2. The molecule has 0 spiro atoms. The van der Waals surface area contributed by atoms with Gasteiger partial charge >= 0.3 is 0 Å². The number of halogens is 1. The van der Waals surface area contributed by atoms with Gasteiger partial charge in [0.25, 0.3) is 0 Å². The van der Waals surface area contributed by atoms with Crippen molar-refractivity contribution >= 4 is 9.84 Å². The van der Waals surface area contributed by atoms with E-state index in [-0.39, 0.29) is 23.9 Å². The van der Waals surface area contributed by atoms with E-state index in [4.69, 9.17) is 9.47 Å². The van der Waals surface area contributed by atoms with E-state index >= 15 is 0 Å². The van der Waals surface area contributed by atoms with Gasteiger partial charge in [0.05, 0.1) is 23.4 Å². The van der Waals surface area contributed by atoms with Crippen LogP contribution in [0.25, 0.3) is 0 Å². The van der Waals surface area contributed by atoms with Gasteiger partial charge in [-0.2, -0.15) is 0 Å². The molecule has 3 rings (SSSR count). The summed E-state index contributed by atoms with van der Waals surface area (Å²) in [5.41, 5.74) is 0.376. The van der Waals surface area contributed by atoms with Crippen LogP contribution in [-0.4, -0.2) is 45.2 Å². The summed E-state index contributed by atoms with van der Waals surface area (Å²) in [6.07, 6.45) is 1.90. The zero-order valence-electron chi connectivity index (χ0n) is 19.7. The average molecular weight is 495 g/mol. The molecular formula is C27H39FO5S. The number of rotatable bonds is 10. The van der Waals surface area contributed by atoms with Gasteiger partial charge in [-0.3, -0.25) is 0 Å². The van der Waals surface area contributed by atoms with Crippen LogP contribution in [0.15, 0.2) is 47.4 Å². The van der Waals surface area contributed by atoms with Crippen LogP contribution in [0.2, 0.25) is 0 Å². The van der Waals surface area contributed by atoms with Crippen LogP contribution in [0.1, 0.15) is 70.9 Å². The molecule has 1 N–H and O–H groups in total. The van der Waals surface area contributed by atoms with Crippen molar-refractivity contribution in [1.29, 1.82) is 0 Å². The molecule has 34 heavy (non-hydrogen) atoms. The van der Waals surface area contributed by atoms with E-state index in [1.165, 1.54) is 12.1 Å². The van der Waals surface area contributed by atoms with Crippen LogP contribution < -0.4 is 4.74 Å². The number of hydrogen-bond acceptors (Lipinski definition) is 5. The topological polar surface area (TPSA) is 72.8 Å². The predicted molar refractivity (Wildman–Crippen MR) is 134 cm³/mol. The summed E-state index contributed by atoms with van der Waals surface area (Å²) >= 11 is 0. The van der Waals surface area contributed by atoms with Crippen molar-refractivity contribution in [2.24, 2.45) is 5.41 Å². The van der Waals surface area contributed by atoms with Crippen molar-refractivity contribution in [2.45, 2.75) is 70.8 Å². The lowest BCUT2D eigenvalue weighted by Gasteiger charge is -2.39. The van der Waals surface area contributed by atoms with Gasteiger partial charge in [-0.05, 0) is 61.2 Å². The second-order valence-corrected chi connectivity index (χ2v) is 10.8. The summed E-state index contributed by atoms with van der Waals surface area (Å²) in [7, 11) is -3.67. The molecule has 0 aliphatic carbocycles. The van der Waals surface area contributed by atoms with E-state index in [2.05, 4.69) is 6.92 Å². The molecule has 0 aromatic heterocycles. The van der Waals surface area contributed by atoms with Crippen molar-refractivity contribution < 1.29 is 27.4 Å².